The molecule has 0 saturated heterocycles. The highest BCUT2D eigenvalue weighted by atomic mass is 16.5. The van der Waals surface area contributed by atoms with E-state index in [-0.39, 0.29) is 0 Å². The van der Waals surface area contributed by atoms with Crippen LogP contribution < -0.4 is 15.4 Å². The fourth-order valence-electron chi connectivity index (χ4n) is 1.74. The Labute approximate surface area is 127 Å². The molecule has 2 N–H and O–H groups in total. The zero-order chi connectivity index (χ0) is 15.3. The van der Waals surface area contributed by atoms with Crippen molar-refractivity contribution < 1.29 is 9.47 Å². The maximum Gasteiger partial charge on any atom is 0.191 e. The predicted octanol–water partition coefficient (Wildman–Crippen LogP) is 2.18. The summed E-state index contributed by atoms with van der Waals surface area (Å²) in [7, 11) is 1.69. The second-order valence-corrected chi connectivity index (χ2v) is 4.61. The van der Waals surface area contributed by atoms with E-state index < -0.39 is 0 Å². The molecule has 118 valence electrons. The van der Waals surface area contributed by atoms with Crippen LogP contribution in [0.4, 0.5) is 0 Å². The van der Waals surface area contributed by atoms with E-state index in [2.05, 4.69) is 28.6 Å². The molecule has 0 saturated carbocycles. The lowest BCUT2D eigenvalue weighted by molar-refractivity contribution is 0.203. The van der Waals surface area contributed by atoms with Gasteiger partial charge in [0.05, 0.1) is 19.8 Å². The number of ether oxygens (including phenoxy) is 2. The lowest BCUT2D eigenvalue weighted by Gasteiger charge is -2.11. The SMILES string of the molecule is CCCOc1cccc(CN=C(NCC)NCCOC)c1. The van der Waals surface area contributed by atoms with Gasteiger partial charge in [-0.25, -0.2) is 4.99 Å². The summed E-state index contributed by atoms with van der Waals surface area (Å²) in [4.78, 5) is 4.56. The standard InChI is InChI=1S/C16H27N3O2/c1-4-10-21-15-8-6-7-14(12-15)13-19-16(17-5-2)18-9-11-20-3/h6-8,12H,4-5,9-11,13H2,1-3H3,(H2,17,18,19). The van der Waals surface area contributed by atoms with E-state index >= 15 is 0 Å². The molecule has 1 rings (SSSR count). The van der Waals surface area contributed by atoms with E-state index in [1.165, 1.54) is 0 Å². The number of benzene rings is 1. The molecular formula is C16H27N3O2. The summed E-state index contributed by atoms with van der Waals surface area (Å²) in [5.74, 6) is 1.70. The van der Waals surface area contributed by atoms with Crippen molar-refractivity contribution in [2.45, 2.75) is 26.8 Å². The summed E-state index contributed by atoms with van der Waals surface area (Å²) in [6.45, 7) is 7.74. The van der Waals surface area contributed by atoms with Gasteiger partial charge in [-0.3, -0.25) is 0 Å². The smallest absolute Gasteiger partial charge is 0.191 e. The van der Waals surface area contributed by atoms with Crippen LogP contribution in [0, 0.1) is 0 Å². The fraction of sp³-hybridized carbons (Fsp3) is 0.562. The first-order valence-corrected chi connectivity index (χ1v) is 7.53. The van der Waals surface area contributed by atoms with Gasteiger partial charge in [-0.1, -0.05) is 19.1 Å². The normalized spacial score (nSPS) is 11.3. The van der Waals surface area contributed by atoms with Crippen molar-refractivity contribution >= 4 is 5.96 Å². The molecule has 1 aromatic carbocycles. The third-order valence-corrected chi connectivity index (χ3v) is 2.73. The summed E-state index contributed by atoms with van der Waals surface area (Å²) < 4.78 is 10.7. The molecule has 0 fully saturated rings. The van der Waals surface area contributed by atoms with Gasteiger partial charge in [0.25, 0.3) is 0 Å². The second kappa shape index (κ2) is 11.0. The summed E-state index contributed by atoms with van der Waals surface area (Å²) in [6, 6.07) is 8.07. The number of methoxy groups -OCH3 is 1. The molecule has 5 heteroatoms. The number of hydrogen-bond donors (Lipinski definition) is 2. The average molecular weight is 293 g/mol. The molecule has 0 radical (unpaired) electrons. The van der Waals surface area contributed by atoms with Gasteiger partial charge in [0.15, 0.2) is 5.96 Å². The molecule has 0 aromatic heterocycles. The van der Waals surface area contributed by atoms with Crippen LogP contribution in [0.3, 0.4) is 0 Å². The third-order valence-electron chi connectivity index (χ3n) is 2.73. The van der Waals surface area contributed by atoms with Crippen LogP contribution >= 0.6 is 0 Å². The topological polar surface area (TPSA) is 54.9 Å². The Balaban J connectivity index is 2.57. The van der Waals surface area contributed by atoms with Gasteiger partial charge in [0, 0.05) is 20.2 Å². The van der Waals surface area contributed by atoms with Crippen molar-refractivity contribution in [2.24, 2.45) is 4.99 Å². The largest absolute Gasteiger partial charge is 0.494 e. The van der Waals surface area contributed by atoms with Crippen LogP contribution in [0.1, 0.15) is 25.8 Å². The van der Waals surface area contributed by atoms with Crippen LogP contribution in [-0.4, -0.2) is 39.4 Å². The van der Waals surface area contributed by atoms with Crippen molar-refractivity contribution in [3.05, 3.63) is 29.8 Å². The summed E-state index contributed by atoms with van der Waals surface area (Å²) in [6.07, 6.45) is 1.01. The molecule has 0 unspecified atom stereocenters. The van der Waals surface area contributed by atoms with E-state index in [0.717, 1.165) is 43.4 Å². The summed E-state index contributed by atoms with van der Waals surface area (Å²) in [5, 5.41) is 6.44. The Hall–Kier alpha value is -1.75. The van der Waals surface area contributed by atoms with Gasteiger partial charge in [-0.15, -0.1) is 0 Å². The molecule has 0 bridgehead atoms. The minimum absolute atomic E-state index is 0.617. The highest BCUT2D eigenvalue weighted by Gasteiger charge is 1.99. The van der Waals surface area contributed by atoms with Crippen LogP contribution in [0.5, 0.6) is 5.75 Å². The van der Waals surface area contributed by atoms with Crippen LogP contribution in [0.15, 0.2) is 29.3 Å². The minimum atomic E-state index is 0.617. The first-order valence-electron chi connectivity index (χ1n) is 7.53. The van der Waals surface area contributed by atoms with Gasteiger partial charge >= 0.3 is 0 Å². The molecule has 0 spiro atoms. The lowest BCUT2D eigenvalue weighted by Crippen LogP contribution is -2.38. The Morgan fingerprint density at radius 3 is 2.76 bits per heavy atom. The lowest BCUT2D eigenvalue weighted by atomic mass is 10.2. The maximum absolute atomic E-state index is 5.63. The van der Waals surface area contributed by atoms with E-state index in [1.807, 2.05) is 25.1 Å². The van der Waals surface area contributed by atoms with Crippen LogP contribution in [0.2, 0.25) is 0 Å². The first kappa shape index (κ1) is 17.3. The van der Waals surface area contributed by atoms with Gasteiger partial charge in [-0.2, -0.15) is 0 Å². The van der Waals surface area contributed by atoms with E-state index in [0.29, 0.717) is 13.2 Å². The van der Waals surface area contributed by atoms with Crippen LogP contribution in [-0.2, 0) is 11.3 Å². The summed E-state index contributed by atoms with van der Waals surface area (Å²) in [5.41, 5.74) is 1.13. The predicted molar refractivity (Wildman–Crippen MR) is 86.9 cm³/mol. The van der Waals surface area contributed by atoms with Gasteiger partial charge < -0.3 is 20.1 Å². The second-order valence-electron chi connectivity index (χ2n) is 4.61. The Morgan fingerprint density at radius 1 is 1.19 bits per heavy atom. The van der Waals surface area contributed by atoms with Crippen molar-refractivity contribution in [3.63, 3.8) is 0 Å². The van der Waals surface area contributed by atoms with E-state index in [4.69, 9.17) is 9.47 Å². The Morgan fingerprint density at radius 2 is 2.05 bits per heavy atom. The summed E-state index contributed by atoms with van der Waals surface area (Å²) >= 11 is 0. The monoisotopic (exact) mass is 293 g/mol. The highest BCUT2D eigenvalue weighted by Crippen LogP contribution is 2.14. The molecule has 0 atom stereocenters. The molecule has 1 aromatic rings. The number of hydrogen-bond acceptors (Lipinski definition) is 3. The van der Waals surface area contributed by atoms with Gasteiger partial charge in [-0.05, 0) is 31.0 Å². The maximum atomic E-state index is 5.63. The first-order chi connectivity index (χ1) is 10.3. The zero-order valence-electron chi connectivity index (χ0n) is 13.3. The van der Waals surface area contributed by atoms with E-state index in [9.17, 15) is 0 Å². The number of nitrogens with zero attached hydrogens (tertiary/aromatic N) is 1. The minimum Gasteiger partial charge on any atom is -0.494 e. The third kappa shape index (κ3) is 7.56. The molecule has 0 aliphatic rings. The van der Waals surface area contributed by atoms with Crippen LogP contribution in [0.25, 0.3) is 0 Å². The molecular weight excluding hydrogens is 266 g/mol. The average Bonchev–Trinajstić information content (AvgIpc) is 2.51. The molecule has 21 heavy (non-hydrogen) atoms. The zero-order valence-corrected chi connectivity index (χ0v) is 13.3. The molecule has 0 aliphatic heterocycles. The molecule has 0 amide bonds. The van der Waals surface area contributed by atoms with Crippen molar-refractivity contribution in [2.75, 3.05) is 33.4 Å². The Bertz CT molecular complexity index is 422. The van der Waals surface area contributed by atoms with Crippen molar-refractivity contribution in [3.8, 4) is 5.75 Å². The van der Waals surface area contributed by atoms with E-state index in [1.54, 1.807) is 7.11 Å². The van der Waals surface area contributed by atoms with Crippen molar-refractivity contribution in [1.82, 2.24) is 10.6 Å². The van der Waals surface area contributed by atoms with Gasteiger partial charge in [0.2, 0.25) is 0 Å². The highest BCUT2D eigenvalue weighted by molar-refractivity contribution is 5.79. The fourth-order valence-corrected chi connectivity index (χ4v) is 1.74. The molecule has 5 nitrogen and oxygen atoms in total. The van der Waals surface area contributed by atoms with Crippen molar-refractivity contribution in [1.29, 1.82) is 0 Å². The number of rotatable bonds is 9. The molecule has 0 heterocycles. The number of aliphatic imine (C=N–C) groups is 1. The van der Waals surface area contributed by atoms with Gasteiger partial charge in [0.1, 0.15) is 5.75 Å². The molecule has 0 aliphatic carbocycles. The number of nitrogens with one attached hydrogen (secondary N) is 2. The number of guanidine groups is 1. The Kier molecular flexibility index (Phi) is 9.04. The quantitative estimate of drug-likeness (QED) is 0.416.